The van der Waals surface area contributed by atoms with Gasteiger partial charge in [-0.15, -0.1) is 0 Å². The Labute approximate surface area is 162 Å². The lowest BCUT2D eigenvalue weighted by molar-refractivity contribution is -0.118. The number of nitrogens with one attached hydrogen (secondary N) is 4. The molecule has 0 radical (unpaired) electrons. The van der Waals surface area contributed by atoms with E-state index in [9.17, 15) is 18.8 Å². The predicted molar refractivity (Wildman–Crippen MR) is 106 cm³/mol. The van der Waals surface area contributed by atoms with Crippen LogP contribution >= 0.6 is 0 Å². The number of carbonyl (C=O) groups excluding carboxylic acids is 3. The molecule has 4 amide bonds. The Morgan fingerprint density at radius 3 is 2.00 bits per heavy atom. The Hall–Kier alpha value is -3.42. The molecule has 0 heterocycles. The third-order valence-electron chi connectivity index (χ3n) is 3.99. The zero-order valence-electron chi connectivity index (χ0n) is 15.9. The summed E-state index contributed by atoms with van der Waals surface area (Å²) in [6.45, 7) is 3.56. The molecule has 0 aliphatic rings. The number of hydrogen-bond acceptors (Lipinski definition) is 3. The Bertz CT molecular complexity index is 853. The van der Waals surface area contributed by atoms with E-state index in [1.807, 2.05) is 0 Å². The maximum absolute atomic E-state index is 13.8. The van der Waals surface area contributed by atoms with Crippen LogP contribution in [0, 0.1) is 11.7 Å². The van der Waals surface area contributed by atoms with Crippen LogP contribution in [0.15, 0.2) is 48.5 Å². The molecule has 1 atom stereocenters. The first-order chi connectivity index (χ1) is 13.3. The maximum atomic E-state index is 13.8. The van der Waals surface area contributed by atoms with E-state index in [-0.39, 0.29) is 17.5 Å². The zero-order valence-corrected chi connectivity index (χ0v) is 15.9. The van der Waals surface area contributed by atoms with Gasteiger partial charge in [0, 0.05) is 18.4 Å². The van der Waals surface area contributed by atoms with Gasteiger partial charge in [-0.25, -0.2) is 9.18 Å². The van der Waals surface area contributed by atoms with Crippen LogP contribution in [-0.2, 0) is 4.79 Å². The molecule has 0 fully saturated rings. The Balaban J connectivity index is 2.05. The molecule has 2 aromatic rings. The van der Waals surface area contributed by atoms with Crippen LogP contribution in [0.4, 0.5) is 20.6 Å². The number of halogens is 1. The molecule has 7 nitrogen and oxygen atoms in total. The summed E-state index contributed by atoms with van der Waals surface area (Å²) in [6, 6.07) is 10.9. The molecule has 28 heavy (non-hydrogen) atoms. The summed E-state index contributed by atoms with van der Waals surface area (Å²) in [7, 11) is 1.51. The van der Waals surface area contributed by atoms with Crippen molar-refractivity contribution in [2.45, 2.75) is 19.9 Å². The molecule has 0 aliphatic heterocycles. The minimum Gasteiger partial charge on any atom is -0.341 e. The van der Waals surface area contributed by atoms with Gasteiger partial charge in [0.05, 0.1) is 5.56 Å². The lowest BCUT2D eigenvalue weighted by atomic mass is 10.0. The Morgan fingerprint density at radius 1 is 0.893 bits per heavy atom. The van der Waals surface area contributed by atoms with Crippen molar-refractivity contribution in [3.63, 3.8) is 0 Å². The van der Waals surface area contributed by atoms with Crippen LogP contribution in [-0.4, -0.2) is 30.9 Å². The van der Waals surface area contributed by atoms with Crippen molar-refractivity contribution in [1.82, 2.24) is 10.6 Å². The zero-order chi connectivity index (χ0) is 20.7. The Kier molecular flexibility index (Phi) is 7.08. The monoisotopic (exact) mass is 386 g/mol. The number of anilines is 2. The van der Waals surface area contributed by atoms with Crippen LogP contribution in [0.25, 0.3) is 0 Å². The molecule has 4 N–H and O–H groups in total. The molecular weight excluding hydrogens is 363 g/mol. The third-order valence-corrected chi connectivity index (χ3v) is 3.99. The molecule has 0 saturated carbocycles. The fourth-order valence-electron chi connectivity index (χ4n) is 2.45. The predicted octanol–water partition coefficient (Wildman–Crippen LogP) is 2.97. The fourth-order valence-corrected chi connectivity index (χ4v) is 2.45. The highest BCUT2D eigenvalue weighted by Gasteiger charge is 2.25. The molecule has 0 unspecified atom stereocenters. The van der Waals surface area contributed by atoms with E-state index < -0.39 is 23.7 Å². The minimum absolute atomic E-state index is 0.120. The lowest BCUT2D eigenvalue weighted by Gasteiger charge is -2.22. The number of rotatable bonds is 6. The van der Waals surface area contributed by atoms with Crippen molar-refractivity contribution in [3.8, 4) is 0 Å². The molecule has 0 spiro atoms. The van der Waals surface area contributed by atoms with Crippen molar-refractivity contribution >= 4 is 29.2 Å². The van der Waals surface area contributed by atoms with Crippen LogP contribution in [0.5, 0.6) is 0 Å². The maximum Gasteiger partial charge on any atom is 0.318 e. The molecule has 0 aliphatic carbocycles. The second kappa shape index (κ2) is 9.50. The number of carbonyl (C=O) groups is 3. The molecule has 0 aromatic heterocycles. The van der Waals surface area contributed by atoms with Gasteiger partial charge in [-0.05, 0) is 42.3 Å². The second-order valence-electron chi connectivity index (χ2n) is 6.45. The van der Waals surface area contributed by atoms with Crippen LogP contribution in [0.1, 0.15) is 24.2 Å². The highest BCUT2D eigenvalue weighted by molar-refractivity contribution is 6.01. The van der Waals surface area contributed by atoms with Gasteiger partial charge in [0.25, 0.3) is 5.91 Å². The Morgan fingerprint density at radius 2 is 1.46 bits per heavy atom. The molecule has 2 rings (SSSR count). The van der Waals surface area contributed by atoms with E-state index >= 15 is 0 Å². The highest BCUT2D eigenvalue weighted by atomic mass is 19.1. The fraction of sp³-hybridized carbons (Fsp3) is 0.250. The molecule has 148 valence electrons. The number of hydrogen-bond donors (Lipinski definition) is 4. The minimum atomic E-state index is -0.851. The molecule has 0 bridgehead atoms. The van der Waals surface area contributed by atoms with Gasteiger partial charge in [-0.3, -0.25) is 9.59 Å². The summed E-state index contributed by atoms with van der Waals surface area (Å²) in [4.78, 5) is 36.2. The number of amides is 4. The normalized spacial score (nSPS) is 11.5. The van der Waals surface area contributed by atoms with Crippen molar-refractivity contribution < 1.29 is 18.8 Å². The van der Waals surface area contributed by atoms with Gasteiger partial charge in [-0.1, -0.05) is 26.0 Å². The van der Waals surface area contributed by atoms with Crippen molar-refractivity contribution in [1.29, 1.82) is 0 Å². The standard InChI is InChI=1S/C20H23FN4O3/c1-12(2)17(25-18(26)15-6-4-5-7-16(15)21)19(27)23-13-8-10-14(11-9-13)24-20(28)22-3/h4-12,17H,1-3H3,(H,23,27)(H,25,26)(H2,22,24,28)/t17-/m0/s1. The highest BCUT2D eigenvalue weighted by Crippen LogP contribution is 2.15. The summed E-state index contributed by atoms with van der Waals surface area (Å²) in [5.41, 5.74) is 0.939. The average Bonchev–Trinajstić information content (AvgIpc) is 2.67. The topological polar surface area (TPSA) is 99.3 Å². The second-order valence-corrected chi connectivity index (χ2v) is 6.45. The van der Waals surface area contributed by atoms with E-state index in [0.717, 1.165) is 0 Å². The largest absolute Gasteiger partial charge is 0.341 e. The quantitative estimate of drug-likeness (QED) is 0.614. The summed E-state index contributed by atoms with van der Waals surface area (Å²) in [6.07, 6.45) is 0. The first kappa shape index (κ1) is 20.9. The summed E-state index contributed by atoms with van der Waals surface area (Å²) < 4.78 is 13.8. The lowest BCUT2D eigenvalue weighted by Crippen LogP contribution is -2.47. The average molecular weight is 386 g/mol. The molecule has 8 heteroatoms. The summed E-state index contributed by atoms with van der Waals surface area (Å²) >= 11 is 0. The van der Waals surface area contributed by atoms with E-state index in [4.69, 9.17) is 0 Å². The van der Waals surface area contributed by atoms with E-state index in [0.29, 0.717) is 11.4 Å². The van der Waals surface area contributed by atoms with Crippen molar-refractivity contribution in [3.05, 3.63) is 59.9 Å². The first-order valence-electron chi connectivity index (χ1n) is 8.77. The van der Waals surface area contributed by atoms with Gasteiger partial charge < -0.3 is 21.3 Å². The van der Waals surface area contributed by atoms with Crippen molar-refractivity contribution in [2.75, 3.05) is 17.7 Å². The number of urea groups is 1. The van der Waals surface area contributed by atoms with Gasteiger partial charge in [0.2, 0.25) is 5.91 Å². The van der Waals surface area contributed by atoms with Gasteiger partial charge in [-0.2, -0.15) is 0 Å². The third kappa shape index (κ3) is 5.54. The van der Waals surface area contributed by atoms with Gasteiger partial charge in [0.15, 0.2) is 0 Å². The molecule has 0 saturated heterocycles. The number of benzene rings is 2. The molecular formula is C20H23FN4O3. The van der Waals surface area contributed by atoms with E-state index in [1.54, 1.807) is 44.2 Å². The first-order valence-corrected chi connectivity index (χ1v) is 8.77. The van der Waals surface area contributed by atoms with Crippen molar-refractivity contribution in [2.24, 2.45) is 5.92 Å². The van der Waals surface area contributed by atoms with Crippen LogP contribution in [0.3, 0.4) is 0 Å². The SMILES string of the molecule is CNC(=O)Nc1ccc(NC(=O)[C@@H](NC(=O)c2ccccc2F)C(C)C)cc1. The summed E-state index contributed by atoms with van der Waals surface area (Å²) in [5.74, 6) is -1.95. The van der Waals surface area contributed by atoms with Gasteiger partial charge >= 0.3 is 6.03 Å². The van der Waals surface area contributed by atoms with Gasteiger partial charge in [0.1, 0.15) is 11.9 Å². The smallest absolute Gasteiger partial charge is 0.318 e. The van der Waals surface area contributed by atoms with Crippen LogP contribution in [0.2, 0.25) is 0 Å². The van der Waals surface area contributed by atoms with E-state index in [1.165, 1.54) is 25.2 Å². The van der Waals surface area contributed by atoms with E-state index in [2.05, 4.69) is 21.3 Å². The van der Waals surface area contributed by atoms with Crippen LogP contribution < -0.4 is 21.3 Å². The molecule has 2 aromatic carbocycles. The summed E-state index contributed by atoms with van der Waals surface area (Å²) in [5, 5.41) is 10.3.